The first-order chi connectivity index (χ1) is 7.71. The molecular formula is C11H12O4S. The molecule has 0 amide bonds. The fraction of sp³-hybridized carbons (Fsp3) is 0.273. The van der Waals surface area contributed by atoms with E-state index in [0.29, 0.717) is 23.4 Å². The highest BCUT2D eigenvalue weighted by atomic mass is 32.2. The van der Waals surface area contributed by atoms with E-state index in [1.165, 1.54) is 13.2 Å². The summed E-state index contributed by atoms with van der Waals surface area (Å²) in [6.45, 7) is 1.85. The monoisotopic (exact) mass is 240 g/mol. The summed E-state index contributed by atoms with van der Waals surface area (Å²) in [7, 11) is 1.47. The molecular weight excluding hydrogens is 228 g/mol. The van der Waals surface area contributed by atoms with Crippen LogP contribution in [0.15, 0.2) is 18.2 Å². The summed E-state index contributed by atoms with van der Waals surface area (Å²) in [6, 6.07) is 4.65. The Kier molecular flexibility index (Phi) is 4.85. The zero-order chi connectivity index (χ0) is 12.0. The van der Waals surface area contributed by atoms with E-state index in [2.05, 4.69) is 0 Å². The van der Waals surface area contributed by atoms with Gasteiger partial charge in [-0.1, -0.05) is 6.92 Å². The van der Waals surface area contributed by atoms with Gasteiger partial charge in [0.15, 0.2) is 11.5 Å². The summed E-state index contributed by atoms with van der Waals surface area (Å²) in [6.07, 6.45) is 0.684. The number of hydrogen-bond donors (Lipinski definition) is 0. The molecule has 1 rings (SSSR count). The Labute approximate surface area is 97.9 Å². The van der Waals surface area contributed by atoms with Crippen molar-refractivity contribution in [2.45, 2.75) is 6.92 Å². The molecule has 0 N–H and O–H groups in total. The van der Waals surface area contributed by atoms with Crippen LogP contribution < -0.4 is 9.47 Å². The summed E-state index contributed by atoms with van der Waals surface area (Å²) >= 11 is 1.05. The first-order valence-electron chi connectivity index (χ1n) is 4.69. The van der Waals surface area contributed by atoms with Crippen LogP contribution in [0.25, 0.3) is 0 Å². The van der Waals surface area contributed by atoms with Crippen LogP contribution >= 0.6 is 11.8 Å². The average Bonchev–Trinajstić information content (AvgIpc) is 2.29. The van der Waals surface area contributed by atoms with Gasteiger partial charge in [0.05, 0.1) is 7.11 Å². The van der Waals surface area contributed by atoms with Crippen LogP contribution in [0.2, 0.25) is 0 Å². The lowest BCUT2D eigenvalue weighted by Gasteiger charge is -2.08. The first-order valence-corrected chi connectivity index (χ1v) is 5.67. The number of carbonyl (C=O) groups is 2. The fourth-order valence-corrected chi connectivity index (χ4v) is 1.47. The normalized spacial score (nSPS) is 9.62. The molecule has 0 heterocycles. The van der Waals surface area contributed by atoms with Crippen molar-refractivity contribution < 1.29 is 19.1 Å². The summed E-state index contributed by atoms with van der Waals surface area (Å²) in [5.41, 5.74) is 0.435. The summed E-state index contributed by atoms with van der Waals surface area (Å²) in [5.74, 6) is 1.32. The van der Waals surface area contributed by atoms with Crippen LogP contribution in [0.1, 0.15) is 17.3 Å². The minimum atomic E-state index is -0.413. The predicted octanol–water partition coefficient (Wildman–Crippen LogP) is 2.76. The Hall–Kier alpha value is -1.49. The molecule has 1 aromatic carbocycles. The molecule has 86 valence electrons. The number of carbonyl (C=O) groups excluding carboxylic acids is 2. The second-order valence-electron chi connectivity index (χ2n) is 2.81. The lowest BCUT2D eigenvalue weighted by Crippen LogP contribution is -2.03. The first kappa shape index (κ1) is 12.6. The van der Waals surface area contributed by atoms with Crippen LogP contribution in [0, 0.1) is 0 Å². The minimum Gasteiger partial charge on any atom is -0.493 e. The number of methoxy groups -OCH3 is 1. The minimum absolute atomic E-state index is 0.262. The lowest BCUT2D eigenvalue weighted by molar-refractivity contribution is 0.112. The van der Waals surface area contributed by atoms with Crippen molar-refractivity contribution in [3.63, 3.8) is 0 Å². The number of benzene rings is 1. The zero-order valence-electron chi connectivity index (χ0n) is 9.06. The number of rotatable bonds is 4. The smallest absolute Gasteiger partial charge is 0.372 e. The molecule has 5 heteroatoms. The Morgan fingerprint density at radius 1 is 1.44 bits per heavy atom. The Balaban J connectivity index is 2.90. The summed E-state index contributed by atoms with van der Waals surface area (Å²) in [5, 5.41) is -0.413. The highest BCUT2D eigenvalue weighted by molar-refractivity contribution is 8.13. The highest BCUT2D eigenvalue weighted by Gasteiger charge is 2.10. The molecule has 0 radical (unpaired) electrons. The molecule has 16 heavy (non-hydrogen) atoms. The van der Waals surface area contributed by atoms with E-state index in [4.69, 9.17) is 9.47 Å². The van der Waals surface area contributed by atoms with Crippen molar-refractivity contribution in [3.8, 4) is 11.5 Å². The quantitative estimate of drug-likeness (QED) is 0.598. The van der Waals surface area contributed by atoms with Gasteiger partial charge in [0.2, 0.25) is 0 Å². The number of aldehydes is 1. The van der Waals surface area contributed by atoms with Gasteiger partial charge >= 0.3 is 5.30 Å². The van der Waals surface area contributed by atoms with Gasteiger partial charge in [-0.25, -0.2) is 4.79 Å². The van der Waals surface area contributed by atoms with E-state index in [9.17, 15) is 9.59 Å². The standard InChI is InChI=1S/C11H12O4S/c1-3-16-11(13)15-10-6-8(7-12)4-5-9(10)14-2/h4-7H,3H2,1-2H3. The van der Waals surface area contributed by atoms with Gasteiger partial charge in [-0.3, -0.25) is 4.79 Å². The largest absolute Gasteiger partial charge is 0.493 e. The SMILES string of the molecule is CCSC(=O)Oc1cc(C=O)ccc1OC. The average molecular weight is 240 g/mol. The van der Waals surface area contributed by atoms with E-state index in [1.54, 1.807) is 12.1 Å². The maximum atomic E-state index is 11.3. The molecule has 0 aliphatic heterocycles. The van der Waals surface area contributed by atoms with E-state index >= 15 is 0 Å². The Bertz CT molecular complexity index is 390. The number of thioether (sulfide) groups is 1. The highest BCUT2D eigenvalue weighted by Crippen LogP contribution is 2.28. The molecule has 0 aliphatic rings. The maximum absolute atomic E-state index is 11.3. The fourth-order valence-electron chi connectivity index (χ4n) is 1.08. The molecule has 0 spiro atoms. The Morgan fingerprint density at radius 3 is 2.75 bits per heavy atom. The topological polar surface area (TPSA) is 52.6 Å². The van der Waals surface area contributed by atoms with E-state index < -0.39 is 5.30 Å². The van der Waals surface area contributed by atoms with Gasteiger partial charge in [0.1, 0.15) is 6.29 Å². The van der Waals surface area contributed by atoms with Gasteiger partial charge in [-0.15, -0.1) is 0 Å². The van der Waals surface area contributed by atoms with Crippen molar-refractivity contribution >= 4 is 23.3 Å². The van der Waals surface area contributed by atoms with Crippen molar-refractivity contribution in [3.05, 3.63) is 23.8 Å². The van der Waals surface area contributed by atoms with Gasteiger partial charge < -0.3 is 9.47 Å². The van der Waals surface area contributed by atoms with Crippen molar-refractivity contribution in [2.75, 3.05) is 12.9 Å². The van der Waals surface area contributed by atoms with Crippen LogP contribution in [-0.4, -0.2) is 24.5 Å². The van der Waals surface area contributed by atoms with E-state index in [0.717, 1.165) is 11.8 Å². The third kappa shape index (κ3) is 3.27. The molecule has 1 aromatic rings. The van der Waals surface area contributed by atoms with Gasteiger partial charge in [-0.05, 0) is 30.0 Å². The van der Waals surface area contributed by atoms with Crippen molar-refractivity contribution in [1.29, 1.82) is 0 Å². The molecule has 0 fully saturated rings. The predicted molar refractivity (Wildman–Crippen MR) is 62.5 cm³/mol. The maximum Gasteiger partial charge on any atom is 0.372 e. The molecule has 0 saturated heterocycles. The van der Waals surface area contributed by atoms with Crippen molar-refractivity contribution in [2.24, 2.45) is 0 Å². The van der Waals surface area contributed by atoms with Crippen LogP contribution in [-0.2, 0) is 0 Å². The summed E-state index contributed by atoms with van der Waals surface area (Å²) < 4.78 is 10.1. The second kappa shape index (κ2) is 6.17. The van der Waals surface area contributed by atoms with Gasteiger partial charge in [0.25, 0.3) is 0 Å². The number of hydrogen-bond acceptors (Lipinski definition) is 5. The zero-order valence-corrected chi connectivity index (χ0v) is 9.87. The van der Waals surface area contributed by atoms with Crippen LogP contribution in [0.4, 0.5) is 4.79 Å². The van der Waals surface area contributed by atoms with E-state index in [1.807, 2.05) is 6.92 Å². The number of ether oxygens (including phenoxy) is 2. The third-order valence-corrected chi connectivity index (χ3v) is 2.39. The molecule has 4 nitrogen and oxygen atoms in total. The van der Waals surface area contributed by atoms with Crippen LogP contribution in [0.5, 0.6) is 11.5 Å². The molecule has 0 aliphatic carbocycles. The second-order valence-corrected chi connectivity index (χ2v) is 4.01. The molecule has 0 bridgehead atoms. The molecule has 0 saturated carbocycles. The molecule has 0 unspecified atom stereocenters. The van der Waals surface area contributed by atoms with Crippen LogP contribution in [0.3, 0.4) is 0 Å². The van der Waals surface area contributed by atoms with Crippen molar-refractivity contribution in [1.82, 2.24) is 0 Å². The Morgan fingerprint density at radius 2 is 2.19 bits per heavy atom. The van der Waals surface area contributed by atoms with E-state index in [-0.39, 0.29) is 5.75 Å². The van der Waals surface area contributed by atoms with Gasteiger partial charge in [-0.2, -0.15) is 0 Å². The summed E-state index contributed by atoms with van der Waals surface area (Å²) in [4.78, 5) is 21.9. The molecule has 0 atom stereocenters. The van der Waals surface area contributed by atoms with Gasteiger partial charge in [0, 0.05) is 11.3 Å². The third-order valence-electron chi connectivity index (χ3n) is 1.78. The lowest BCUT2D eigenvalue weighted by atomic mass is 10.2. The molecule has 0 aromatic heterocycles.